The van der Waals surface area contributed by atoms with Crippen LogP contribution in [0.2, 0.25) is 0 Å². The minimum Gasteiger partial charge on any atom is -0.492 e. The van der Waals surface area contributed by atoms with E-state index in [0.29, 0.717) is 30.6 Å². The molecule has 0 spiro atoms. The molecule has 1 unspecified atom stereocenters. The average Bonchev–Trinajstić information content (AvgIpc) is 2.41. The van der Waals surface area contributed by atoms with Gasteiger partial charge in [-0.15, -0.1) is 0 Å². The van der Waals surface area contributed by atoms with Gasteiger partial charge in [-0.25, -0.2) is 0 Å². The molecule has 1 aliphatic rings. The van der Waals surface area contributed by atoms with Crippen LogP contribution in [0.15, 0.2) is 41.1 Å². The zero-order valence-corrected chi connectivity index (χ0v) is 12.1. The van der Waals surface area contributed by atoms with E-state index in [-0.39, 0.29) is 10.8 Å². The lowest BCUT2D eigenvalue weighted by Gasteiger charge is -2.26. The monoisotopic (exact) mass is 278 g/mol. The van der Waals surface area contributed by atoms with Crippen LogP contribution in [0.25, 0.3) is 0 Å². The molecule has 1 atom stereocenters. The molecular formula is C16H19ClO2. The Hall–Kier alpha value is -1.28. The zero-order chi connectivity index (χ0) is 13.8. The molecule has 0 bridgehead atoms. The molecule has 0 radical (unpaired) electrons. The first kappa shape index (κ1) is 14.1. The van der Waals surface area contributed by atoms with Gasteiger partial charge in [0.15, 0.2) is 5.78 Å². The Balaban J connectivity index is 2.05. The minimum atomic E-state index is 0.00896. The molecule has 3 heteroatoms. The third-order valence-corrected chi connectivity index (χ3v) is 4.01. The summed E-state index contributed by atoms with van der Waals surface area (Å²) in [7, 11) is 0. The lowest BCUT2D eigenvalue weighted by molar-refractivity contribution is -0.117. The lowest BCUT2D eigenvalue weighted by atomic mass is 9.83. The SMILES string of the molecule is CC(C)C1CC(=O)C(Cl)=C(OCc2ccccc2)C1. The van der Waals surface area contributed by atoms with Crippen LogP contribution in [-0.4, -0.2) is 5.78 Å². The summed E-state index contributed by atoms with van der Waals surface area (Å²) < 4.78 is 5.76. The van der Waals surface area contributed by atoms with E-state index < -0.39 is 0 Å². The van der Waals surface area contributed by atoms with Gasteiger partial charge < -0.3 is 4.74 Å². The molecule has 2 nitrogen and oxygen atoms in total. The second-order valence-corrected chi connectivity index (χ2v) is 5.72. The summed E-state index contributed by atoms with van der Waals surface area (Å²) in [5.41, 5.74) is 1.08. The maximum absolute atomic E-state index is 11.9. The standard InChI is InChI=1S/C16H19ClO2/c1-11(2)13-8-14(18)16(17)15(9-13)19-10-12-6-4-3-5-7-12/h3-7,11,13H,8-10H2,1-2H3. The van der Waals surface area contributed by atoms with Gasteiger partial charge in [0.05, 0.1) is 0 Å². The number of Topliss-reactive ketones (excluding diaryl/α,β-unsaturated/α-hetero) is 1. The minimum absolute atomic E-state index is 0.00896. The van der Waals surface area contributed by atoms with E-state index in [2.05, 4.69) is 13.8 Å². The van der Waals surface area contributed by atoms with Crippen LogP contribution < -0.4 is 0 Å². The van der Waals surface area contributed by atoms with Crippen LogP contribution in [0.4, 0.5) is 0 Å². The van der Waals surface area contributed by atoms with Crippen molar-refractivity contribution in [2.75, 3.05) is 0 Å². The molecule has 0 fully saturated rings. The number of benzene rings is 1. The van der Waals surface area contributed by atoms with Crippen LogP contribution in [-0.2, 0) is 16.1 Å². The summed E-state index contributed by atoms with van der Waals surface area (Å²) in [5.74, 6) is 1.46. The largest absolute Gasteiger partial charge is 0.492 e. The van der Waals surface area contributed by atoms with Gasteiger partial charge in [-0.05, 0) is 17.4 Å². The van der Waals surface area contributed by atoms with E-state index in [1.165, 1.54) is 0 Å². The number of carbonyl (C=O) groups is 1. The Morgan fingerprint density at radius 3 is 2.58 bits per heavy atom. The fourth-order valence-corrected chi connectivity index (χ4v) is 2.43. The second kappa shape index (κ2) is 6.25. The predicted octanol–water partition coefficient (Wildman–Crippen LogP) is 4.29. The first-order valence-electron chi connectivity index (χ1n) is 6.66. The zero-order valence-electron chi connectivity index (χ0n) is 11.4. The molecule has 0 saturated carbocycles. The molecule has 1 aromatic carbocycles. The van der Waals surface area contributed by atoms with E-state index >= 15 is 0 Å². The van der Waals surface area contributed by atoms with E-state index in [9.17, 15) is 4.79 Å². The Bertz CT molecular complexity index is 477. The van der Waals surface area contributed by atoms with Crippen molar-refractivity contribution in [2.45, 2.75) is 33.3 Å². The summed E-state index contributed by atoms with van der Waals surface area (Å²) in [5, 5.41) is 0.285. The number of ether oxygens (including phenoxy) is 1. The number of carbonyl (C=O) groups excluding carboxylic acids is 1. The molecule has 1 aliphatic carbocycles. The molecule has 1 aromatic rings. The normalized spacial score (nSPS) is 20.0. The van der Waals surface area contributed by atoms with Crippen LogP contribution in [0.5, 0.6) is 0 Å². The number of ketones is 1. The van der Waals surface area contributed by atoms with Gasteiger partial charge in [-0.2, -0.15) is 0 Å². The summed E-state index contributed by atoms with van der Waals surface area (Å²) in [6.45, 7) is 4.72. The summed E-state index contributed by atoms with van der Waals surface area (Å²) in [4.78, 5) is 11.9. The van der Waals surface area contributed by atoms with Gasteiger partial charge in [0.25, 0.3) is 0 Å². The van der Waals surface area contributed by atoms with Gasteiger partial charge in [-0.3, -0.25) is 4.79 Å². The van der Waals surface area contributed by atoms with Crippen LogP contribution in [0.1, 0.15) is 32.3 Å². The highest BCUT2D eigenvalue weighted by molar-refractivity contribution is 6.43. The van der Waals surface area contributed by atoms with Crippen molar-refractivity contribution in [3.8, 4) is 0 Å². The Kier molecular flexibility index (Phi) is 4.65. The fourth-order valence-electron chi connectivity index (χ4n) is 2.22. The third kappa shape index (κ3) is 3.60. The number of halogens is 1. The van der Waals surface area contributed by atoms with E-state index in [0.717, 1.165) is 12.0 Å². The molecule has 0 aromatic heterocycles. The first-order chi connectivity index (χ1) is 9.08. The highest BCUT2D eigenvalue weighted by Crippen LogP contribution is 2.34. The predicted molar refractivity (Wildman–Crippen MR) is 76.7 cm³/mol. The van der Waals surface area contributed by atoms with E-state index in [1.54, 1.807) is 0 Å². The van der Waals surface area contributed by atoms with Crippen molar-refractivity contribution in [1.82, 2.24) is 0 Å². The molecule has 19 heavy (non-hydrogen) atoms. The third-order valence-electron chi connectivity index (χ3n) is 3.58. The number of hydrogen-bond donors (Lipinski definition) is 0. The van der Waals surface area contributed by atoms with Crippen molar-refractivity contribution in [3.63, 3.8) is 0 Å². The average molecular weight is 279 g/mol. The molecule has 0 saturated heterocycles. The smallest absolute Gasteiger partial charge is 0.177 e. The molecule has 0 N–H and O–H groups in total. The van der Waals surface area contributed by atoms with Crippen LogP contribution in [0.3, 0.4) is 0 Å². The Labute approximate surface area is 119 Å². The molecule has 0 aliphatic heterocycles. The van der Waals surface area contributed by atoms with Crippen molar-refractivity contribution >= 4 is 17.4 Å². The molecular weight excluding hydrogens is 260 g/mol. The van der Waals surface area contributed by atoms with E-state index in [4.69, 9.17) is 16.3 Å². The number of rotatable bonds is 4. The Morgan fingerprint density at radius 2 is 1.95 bits per heavy atom. The summed E-state index contributed by atoms with van der Waals surface area (Å²) in [6.07, 6.45) is 1.30. The highest BCUT2D eigenvalue weighted by atomic mass is 35.5. The number of allylic oxidation sites excluding steroid dienone is 2. The fraction of sp³-hybridized carbons (Fsp3) is 0.438. The molecule has 0 amide bonds. The lowest BCUT2D eigenvalue weighted by Crippen LogP contribution is -2.22. The Morgan fingerprint density at radius 1 is 1.26 bits per heavy atom. The number of hydrogen-bond acceptors (Lipinski definition) is 2. The molecule has 102 valence electrons. The van der Waals surface area contributed by atoms with Gasteiger partial charge in [0.2, 0.25) is 0 Å². The van der Waals surface area contributed by atoms with Gasteiger partial charge in [0, 0.05) is 12.8 Å². The van der Waals surface area contributed by atoms with Crippen molar-refractivity contribution in [1.29, 1.82) is 0 Å². The topological polar surface area (TPSA) is 26.3 Å². The quantitative estimate of drug-likeness (QED) is 0.821. The maximum Gasteiger partial charge on any atom is 0.177 e. The molecule has 2 rings (SSSR count). The summed E-state index contributed by atoms with van der Waals surface area (Å²) in [6, 6.07) is 9.90. The highest BCUT2D eigenvalue weighted by Gasteiger charge is 2.29. The first-order valence-corrected chi connectivity index (χ1v) is 7.04. The van der Waals surface area contributed by atoms with Crippen LogP contribution >= 0.6 is 11.6 Å². The maximum atomic E-state index is 11.9. The van der Waals surface area contributed by atoms with Crippen LogP contribution in [0, 0.1) is 11.8 Å². The van der Waals surface area contributed by atoms with Crippen molar-refractivity contribution < 1.29 is 9.53 Å². The van der Waals surface area contributed by atoms with Crippen molar-refractivity contribution in [3.05, 3.63) is 46.7 Å². The van der Waals surface area contributed by atoms with E-state index in [1.807, 2.05) is 30.3 Å². The van der Waals surface area contributed by atoms with Gasteiger partial charge in [-0.1, -0.05) is 55.8 Å². The van der Waals surface area contributed by atoms with Crippen molar-refractivity contribution in [2.24, 2.45) is 11.8 Å². The second-order valence-electron chi connectivity index (χ2n) is 5.35. The van der Waals surface area contributed by atoms with Gasteiger partial charge in [0.1, 0.15) is 17.4 Å². The molecule has 0 heterocycles. The summed E-state index contributed by atoms with van der Waals surface area (Å²) >= 11 is 6.07. The van der Waals surface area contributed by atoms with Gasteiger partial charge >= 0.3 is 0 Å².